The van der Waals surface area contributed by atoms with Gasteiger partial charge in [0.25, 0.3) is 0 Å². The molecule has 1 aromatic rings. The van der Waals surface area contributed by atoms with Crippen LogP contribution in [0, 0.1) is 0 Å². The summed E-state index contributed by atoms with van der Waals surface area (Å²) in [6, 6.07) is 1.38. The molecule has 2 saturated heterocycles. The van der Waals surface area contributed by atoms with Gasteiger partial charge in [0.05, 0.1) is 6.61 Å². The van der Waals surface area contributed by atoms with Crippen molar-refractivity contribution < 1.29 is 28.3 Å². The summed E-state index contributed by atoms with van der Waals surface area (Å²) in [6.45, 7) is 9.68. The third-order valence-electron chi connectivity index (χ3n) is 4.44. The van der Waals surface area contributed by atoms with Crippen LogP contribution in [0.15, 0.2) is 17.1 Å². The van der Waals surface area contributed by atoms with Crippen LogP contribution < -0.4 is 11.4 Å². The molecule has 0 aromatic carbocycles. The van der Waals surface area contributed by atoms with Gasteiger partial charge < -0.3 is 25.4 Å². The number of hydrogen-bond donors (Lipinski definition) is 3. The van der Waals surface area contributed by atoms with E-state index in [9.17, 15) is 19.4 Å². The number of phosphoric acid groups is 1. The Morgan fingerprint density at radius 1 is 1.26 bits per heavy atom. The third kappa shape index (κ3) is 5.14. The SMILES string of the molecule is CCN(CC)CC.Nc1ccn([C@@H]2O[C@H](CO)[C@H]3OP(=O)(O)O[C@H]32)c(=O)n1. The predicted molar refractivity (Wildman–Crippen MR) is 96.9 cm³/mol. The molecule has 2 fully saturated rings. The standard InChI is InChI=1S/C9H12N3O7P.C6H15N/c10-5-1-2-12(9(14)11-5)8-7-6(4(3-13)17-8)18-20(15,16)19-7;1-4-7(5-2)6-3/h1-2,4,6-8,13H,3H2,(H,15,16)(H2,10,11,14);4-6H2,1-3H3/t4-,6-,7-,8-;/m1./s1. The fourth-order valence-corrected chi connectivity index (χ4v) is 4.09. The molecule has 0 radical (unpaired) electrons. The predicted octanol–water partition coefficient (Wildman–Crippen LogP) is -0.0523. The second kappa shape index (κ2) is 9.24. The maximum Gasteiger partial charge on any atom is 0.473 e. The maximum absolute atomic E-state index is 11.8. The number of phosphoric ester groups is 1. The van der Waals surface area contributed by atoms with Crippen molar-refractivity contribution in [3.63, 3.8) is 0 Å². The molecule has 5 atom stereocenters. The lowest BCUT2D eigenvalue weighted by molar-refractivity contribution is -0.0624. The Labute approximate surface area is 157 Å². The molecular formula is C15H27N4O7P. The van der Waals surface area contributed by atoms with Crippen LogP contribution in [-0.4, -0.2) is 69.0 Å². The molecule has 11 nitrogen and oxygen atoms in total. The van der Waals surface area contributed by atoms with Gasteiger partial charge in [-0.2, -0.15) is 4.98 Å². The van der Waals surface area contributed by atoms with Crippen molar-refractivity contribution in [3.8, 4) is 0 Å². The molecule has 2 aliphatic heterocycles. The van der Waals surface area contributed by atoms with Crippen molar-refractivity contribution in [1.82, 2.24) is 14.5 Å². The lowest BCUT2D eigenvalue weighted by Gasteiger charge is -2.18. The average molecular weight is 406 g/mol. The second-order valence-electron chi connectivity index (χ2n) is 6.02. The van der Waals surface area contributed by atoms with Crippen LogP contribution >= 0.6 is 7.82 Å². The zero-order chi connectivity index (χ0) is 20.2. The Kier molecular flexibility index (Phi) is 7.52. The van der Waals surface area contributed by atoms with Gasteiger partial charge >= 0.3 is 13.5 Å². The van der Waals surface area contributed by atoms with Crippen molar-refractivity contribution in [1.29, 1.82) is 0 Å². The number of anilines is 1. The van der Waals surface area contributed by atoms with Gasteiger partial charge in [-0.05, 0) is 25.7 Å². The van der Waals surface area contributed by atoms with E-state index in [2.05, 4.69) is 30.7 Å². The zero-order valence-corrected chi connectivity index (χ0v) is 16.5. The number of aliphatic hydroxyl groups excluding tert-OH is 1. The van der Waals surface area contributed by atoms with E-state index in [4.69, 9.17) is 19.5 Å². The molecule has 2 aliphatic rings. The van der Waals surface area contributed by atoms with Crippen molar-refractivity contribution in [2.24, 2.45) is 0 Å². The highest BCUT2D eigenvalue weighted by Gasteiger charge is 2.57. The molecule has 27 heavy (non-hydrogen) atoms. The Balaban J connectivity index is 0.000000321. The van der Waals surface area contributed by atoms with Crippen LogP contribution in [0.5, 0.6) is 0 Å². The Bertz CT molecular complexity index is 721. The lowest BCUT2D eigenvalue weighted by Crippen LogP contribution is -2.34. The molecule has 3 rings (SSSR count). The van der Waals surface area contributed by atoms with E-state index in [1.807, 2.05) is 0 Å². The Morgan fingerprint density at radius 2 is 1.85 bits per heavy atom. The first-order chi connectivity index (χ1) is 12.8. The van der Waals surface area contributed by atoms with Gasteiger partial charge in [0.15, 0.2) is 6.23 Å². The molecule has 154 valence electrons. The molecule has 4 N–H and O–H groups in total. The molecular weight excluding hydrogens is 379 g/mol. The lowest BCUT2D eigenvalue weighted by atomic mass is 10.1. The van der Waals surface area contributed by atoms with Crippen LogP contribution in [0.2, 0.25) is 0 Å². The Morgan fingerprint density at radius 3 is 2.33 bits per heavy atom. The zero-order valence-electron chi connectivity index (χ0n) is 15.6. The van der Waals surface area contributed by atoms with Crippen LogP contribution in [0.3, 0.4) is 0 Å². The highest BCUT2D eigenvalue weighted by molar-refractivity contribution is 7.47. The summed E-state index contributed by atoms with van der Waals surface area (Å²) < 4.78 is 27.7. The third-order valence-corrected chi connectivity index (χ3v) is 5.46. The van der Waals surface area contributed by atoms with Crippen LogP contribution in [0.1, 0.15) is 27.0 Å². The smallest absolute Gasteiger partial charge is 0.394 e. The maximum atomic E-state index is 11.8. The van der Waals surface area contributed by atoms with Gasteiger partial charge in [0.2, 0.25) is 0 Å². The first-order valence-electron chi connectivity index (χ1n) is 8.79. The van der Waals surface area contributed by atoms with E-state index >= 15 is 0 Å². The molecule has 1 unspecified atom stereocenters. The number of rotatable bonds is 5. The molecule has 0 amide bonds. The summed E-state index contributed by atoms with van der Waals surface area (Å²) in [4.78, 5) is 27.0. The van der Waals surface area contributed by atoms with Crippen molar-refractivity contribution >= 4 is 13.6 Å². The van der Waals surface area contributed by atoms with Crippen LogP contribution in [-0.2, 0) is 18.3 Å². The number of aliphatic hydroxyl groups is 1. The molecule has 0 bridgehead atoms. The highest BCUT2D eigenvalue weighted by atomic mass is 31.2. The number of ether oxygens (including phenoxy) is 1. The monoisotopic (exact) mass is 406 g/mol. The minimum Gasteiger partial charge on any atom is -0.394 e. The molecule has 1 aromatic heterocycles. The topological polar surface area (TPSA) is 149 Å². The van der Waals surface area contributed by atoms with E-state index in [1.165, 1.54) is 31.9 Å². The van der Waals surface area contributed by atoms with Crippen LogP contribution in [0.4, 0.5) is 5.82 Å². The summed E-state index contributed by atoms with van der Waals surface area (Å²) >= 11 is 0. The minimum atomic E-state index is -4.21. The van der Waals surface area contributed by atoms with E-state index < -0.39 is 44.7 Å². The largest absolute Gasteiger partial charge is 0.473 e. The molecule has 0 aliphatic carbocycles. The minimum absolute atomic E-state index is 0.0379. The van der Waals surface area contributed by atoms with Crippen molar-refractivity contribution in [3.05, 3.63) is 22.7 Å². The molecule has 12 heteroatoms. The van der Waals surface area contributed by atoms with Crippen molar-refractivity contribution in [2.45, 2.75) is 45.3 Å². The van der Waals surface area contributed by atoms with E-state index in [1.54, 1.807) is 0 Å². The molecule has 0 spiro atoms. The molecule has 3 heterocycles. The van der Waals surface area contributed by atoms with Gasteiger partial charge in [0, 0.05) is 6.20 Å². The highest BCUT2D eigenvalue weighted by Crippen LogP contribution is 2.58. The summed E-state index contributed by atoms with van der Waals surface area (Å²) in [5.41, 5.74) is 4.69. The van der Waals surface area contributed by atoms with Crippen LogP contribution in [0.25, 0.3) is 0 Å². The molecule has 0 saturated carbocycles. The van der Waals surface area contributed by atoms with E-state index in [0.717, 1.165) is 4.57 Å². The fourth-order valence-electron chi connectivity index (χ4n) is 2.94. The van der Waals surface area contributed by atoms with E-state index in [-0.39, 0.29) is 5.82 Å². The fraction of sp³-hybridized carbons (Fsp3) is 0.733. The van der Waals surface area contributed by atoms with Gasteiger partial charge in [-0.1, -0.05) is 20.8 Å². The summed E-state index contributed by atoms with van der Waals surface area (Å²) in [6.07, 6.45) is -2.51. The number of fused-ring (bicyclic) bond motifs is 1. The normalized spacial score (nSPS) is 32.2. The second-order valence-corrected chi connectivity index (χ2v) is 7.38. The Hall–Kier alpha value is -1.33. The van der Waals surface area contributed by atoms with Crippen molar-refractivity contribution in [2.75, 3.05) is 32.0 Å². The summed E-state index contributed by atoms with van der Waals surface area (Å²) in [5, 5.41) is 9.21. The number of nitrogens with two attached hydrogens (primary N) is 1. The average Bonchev–Trinajstić information content (AvgIpc) is 3.10. The first kappa shape index (κ1) is 22.0. The van der Waals surface area contributed by atoms with Gasteiger partial charge in [-0.3, -0.25) is 13.6 Å². The first-order valence-corrected chi connectivity index (χ1v) is 10.3. The quantitative estimate of drug-likeness (QED) is 0.568. The number of nitrogen functional groups attached to an aromatic ring is 1. The number of hydrogen-bond acceptors (Lipinski definition) is 9. The van der Waals surface area contributed by atoms with E-state index in [0.29, 0.717) is 0 Å². The number of nitrogens with zero attached hydrogens (tertiary/aromatic N) is 3. The van der Waals surface area contributed by atoms with Gasteiger partial charge in [0.1, 0.15) is 24.1 Å². The number of aromatic nitrogens is 2. The van der Waals surface area contributed by atoms with Gasteiger partial charge in [-0.15, -0.1) is 0 Å². The summed E-state index contributed by atoms with van der Waals surface area (Å²) in [5.74, 6) is 0.0379. The van der Waals surface area contributed by atoms with Gasteiger partial charge in [-0.25, -0.2) is 9.36 Å². The summed E-state index contributed by atoms with van der Waals surface area (Å²) in [7, 11) is -4.21.